The first kappa shape index (κ1) is 51.0. The zero-order chi connectivity index (χ0) is 39.1. The molecular formula is C43H77O9P. The van der Waals surface area contributed by atoms with Gasteiger partial charge in [-0.1, -0.05) is 184 Å². The molecule has 0 rings (SSSR count). The zero-order valence-corrected chi connectivity index (χ0v) is 34.4. The maximum absolute atomic E-state index is 12.4. The fourth-order valence-electron chi connectivity index (χ4n) is 5.77. The van der Waals surface area contributed by atoms with Crippen molar-refractivity contribution >= 4 is 19.8 Å². The maximum Gasteiger partial charge on any atom is 0.469 e. The summed E-state index contributed by atoms with van der Waals surface area (Å²) < 4.78 is 26.3. The smallest absolute Gasteiger partial charge is 0.462 e. The van der Waals surface area contributed by atoms with E-state index < -0.39 is 32.5 Å². The van der Waals surface area contributed by atoms with E-state index in [4.69, 9.17) is 19.3 Å². The molecule has 0 saturated carbocycles. The molecule has 0 bridgehead atoms. The van der Waals surface area contributed by atoms with Gasteiger partial charge in [-0.05, 0) is 38.5 Å². The van der Waals surface area contributed by atoms with Gasteiger partial charge in [0.05, 0.1) is 12.7 Å². The number of rotatable bonds is 38. The summed E-state index contributed by atoms with van der Waals surface area (Å²) in [7, 11) is -4.78. The molecule has 308 valence electrons. The normalized spacial score (nSPS) is 13.5. The second-order valence-electron chi connectivity index (χ2n) is 14.2. The maximum atomic E-state index is 12.4. The van der Waals surface area contributed by atoms with Crippen LogP contribution in [0.4, 0.5) is 0 Å². The van der Waals surface area contributed by atoms with E-state index in [9.17, 15) is 19.3 Å². The summed E-state index contributed by atoms with van der Waals surface area (Å²) in [4.78, 5) is 42.8. The molecule has 0 radical (unpaired) electrons. The monoisotopic (exact) mass is 769 g/mol. The molecule has 0 fully saturated rings. The van der Waals surface area contributed by atoms with Crippen LogP contribution in [0, 0.1) is 0 Å². The van der Waals surface area contributed by atoms with Crippen molar-refractivity contribution in [3.05, 3.63) is 48.6 Å². The van der Waals surface area contributed by atoms with Gasteiger partial charge in [0.2, 0.25) is 0 Å². The number of hydrogen-bond acceptors (Lipinski definition) is 7. The highest BCUT2D eigenvalue weighted by Crippen LogP contribution is 2.36. The molecule has 9 nitrogen and oxygen atoms in total. The highest BCUT2D eigenvalue weighted by atomic mass is 31.2. The lowest BCUT2D eigenvalue weighted by Crippen LogP contribution is -2.29. The molecule has 0 spiro atoms. The van der Waals surface area contributed by atoms with Crippen molar-refractivity contribution in [1.29, 1.82) is 0 Å². The molecule has 0 aromatic rings. The van der Waals surface area contributed by atoms with Crippen molar-refractivity contribution in [2.24, 2.45) is 0 Å². The molecule has 0 aliphatic heterocycles. The second-order valence-corrected chi connectivity index (χ2v) is 15.4. The summed E-state index contributed by atoms with van der Waals surface area (Å²) in [5.41, 5.74) is 0. The minimum Gasteiger partial charge on any atom is -0.462 e. The predicted octanol–water partition coefficient (Wildman–Crippen LogP) is 11.7. The predicted molar refractivity (Wildman–Crippen MR) is 217 cm³/mol. The van der Waals surface area contributed by atoms with Crippen LogP contribution >= 0.6 is 7.82 Å². The Bertz CT molecular complexity index is 1020. The van der Waals surface area contributed by atoms with Crippen LogP contribution in [0.3, 0.4) is 0 Å². The number of phosphoric acid groups is 1. The van der Waals surface area contributed by atoms with Crippen molar-refractivity contribution in [3.63, 3.8) is 0 Å². The highest BCUT2D eigenvalue weighted by Gasteiger charge is 2.22. The summed E-state index contributed by atoms with van der Waals surface area (Å²) in [5.74, 6) is -0.973. The molecule has 0 aromatic heterocycles. The van der Waals surface area contributed by atoms with Crippen LogP contribution in [0.1, 0.15) is 187 Å². The molecule has 0 saturated heterocycles. The molecule has 0 aromatic carbocycles. The highest BCUT2D eigenvalue weighted by molar-refractivity contribution is 7.46. The largest absolute Gasteiger partial charge is 0.469 e. The quantitative estimate of drug-likeness (QED) is 0.0184. The van der Waals surface area contributed by atoms with Crippen LogP contribution in [-0.2, 0) is 28.2 Å². The Hall–Kier alpha value is -2.03. The molecule has 10 heteroatoms. The Kier molecular flexibility index (Phi) is 36.8. The topological polar surface area (TPSA) is 140 Å². The Morgan fingerprint density at radius 1 is 0.585 bits per heavy atom. The molecule has 3 N–H and O–H groups in total. The van der Waals surface area contributed by atoms with E-state index in [0.717, 1.165) is 51.4 Å². The Balaban J connectivity index is 4.04. The van der Waals surface area contributed by atoms with Crippen LogP contribution in [0.5, 0.6) is 0 Å². The average Bonchev–Trinajstić information content (AvgIpc) is 3.12. The number of ether oxygens (including phenoxy) is 2. The minimum absolute atomic E-state index is 0.116. The molecule has 0 aliphatic rings. The number of hydrogen-bond donors (Lipinski definition) is 3. The first-order chi connectivity index (χ1) is 25.7. The van der Waals surface area contributed by atoms with Gasteiger partial charge in [0, 0.05) is 12.8 Å². The van der Waals surface area contributed by atoms with E-state index in [-0.39, 0.29) is 25.6 Å². The summed E-state index contributed by atoms with van der Waals surface area (Å²) in [6, 6.07) is 0. The van der Waals surface area contributed by atoms with Gasteiger partial charge in [-0.2, -0.15) is 0 Å². The molecule has 0 unspecified atom stereocenters. The van der Waals surface area contributed by atoms with Gasteiger partial charge in [0.25, 0.3) is 0 Å². The number of carbonyl (C=O) groups excluding carboxylic acids is 2. The van der Waals surface area contributed by atoms with Crippen molar-refractivity contribution in [3.8, 4) is 0 Å². The summed E-state index contributed by atoms with van der Waals surface area (Å²) in [5, 5.41) is 9.87. The van der Waals surface area contributed by atoms with Crippen LogP contribution < -0.4 is 0 Å². The van der Waals surface area contributed by atoms with E-state index in [1.165, 1.54) is 89.9 Å². The van der Waals surface area contributed by atoms with Crippen molar-refractivity contribution in [1.82, 2.24) is 0 Å². The van der Waals surface area contributed by atoms with E-state index in [1.807, 2.05) is 36.5 Å². The van der Waals surface area contributed by atoms with Crippen molar-refractivity contribution in [2.75, 3.05) is 13.2 Å². The number of aliphatic hydroxyl groups is 1. The third kappa shape index (κ3) is 41.0. The number of aliphatic hydroxyl groups excluding tert-OH is 1. The average molecular weight is 769 g/mol. The van der Waals surface area contributed by atoms with Crippen LogP contribution in [0.25, 0.3) is 0 Å². The number of esters is 2. The molecule has 0 heterocycles. The first-order valence-corrected chi connectivity index (χ1v) is 22.6. The second kappa shape index (κ2) is 38.3. The van der Waals surface area contributed by atoms with Gasteiger partial charge in [0.15, 0.2) is 6.10 Å². The lowest BCUT2D eigenvalue weighted by molar-refractivity contribution is -0.161. The van der Waals surface area contributed by atoms with Gasteiger partial charge in [-0.3, -0.25) is 14.1 Å². The SMILES string of the molecule is CCCCCCCCCCCCCCCCCCCC(=O)OC[C@H](COP(=O)(O)O)OC(=O)CCC/C=C\C/C=C\C/C=C\C=C\[C@@H](O)CCCCC. The summed E-state index contributed by atoms with van der Waals surface area (Å²) >= 11 is 0. The van der Waals surface area contributed by atoms with Gasteiger partial charge >= 0.3 is 19.8 Å². The minimum atomic E-state index is -4.78. The first-order valence-electron chi connectivity index (χ1n) is 21.0. The van der Waals surface area contributed by atoms with Crippen LogP contribution in [0.15, 0.2) is 48.6 Å². The number of allylic oxidation sites excluding steroid dienone is 7. The Labute approximate surface area is 323 Å². The van der Waals surface area contributed by atoms with E-state index in [1.54, 1.807) is 0 Å². The Morgan fingerprint density at radius 3 is 1.64 bits per heavy atom. The van der Waals surface area contributed by atoms with E-state index in [2.05, 4.69) is 30.5 Å². The summed E-state index contributed by atoms with van der Waals surface area (Å²) in [6.45, 7) is 3.52. The zero-order valence-electron chi connectivity index (χ0n) is 33.5. The molecular weight excluding hydrogens is 691 g/mol. The third-order valence-corrected chi connectivity index (χ3v) is 9.44. The number of carbonyl (C=O) groups is 2. The standard InChI is InChI=1S/C43H77O9P/c1-3-5-7-8-9-10-11-12-13-14-15-16-19-22-25-28-32-36-42(45)50-38-41(39-51-53(47,48)49)52-43(46)37-33-29-26-23-20-17-18-21-24-27-31-35-40(44)34-30-6-4-2/h17-18,23-24,26-27,31,35,40-41,44H,3-16,19-22,25,28-30,32-34,36-39H2,1-2H3,(H2,47,48,49)/b18-17-,26-23-,27-24-,35-31+/t40-,41+/m0/s1. The molecule has 0 aliphatic carbocycles. The van der Waals surface area contributed by atoms with Gasteiger partial charge in [-0.25, -0.2) is 4.57 Å². The van der Waals surface area contributed by atoms with Gasteiger partial charge in [-0.15, -0.1) is 0 Å². The van der Waals surface area contributed by atoms with Gasteiger partial charge in [0.1, 0.15) is 6.61 Å². The van der Waals surface area contributed by atoms with Gasteiger partial charge < -0.3 is 24.4 Å². The van der Waals surface area contributed by atoms with E-state index in [0.29, 0.717) is 19.3 Å². The fraction of sp³-hybridized carbons (Fsp3) is 0.767. The lowest BCUT2D eigenvalue weighted by Gasteiger charge is -2.18. The molecule has 0 amide bonds. The van der Waals surface area contributed by atoms with Crippen molar-refractivity contribution < 1.29 is 43.0 Å². The fourth-order valence-corrected chi connectivity index (χ4v) is 6.13. The van der Waals surface area contributed by atoms with Crippen LogP contribution in [-0.4, -0.2) is 52.3 Å². The van der Waals surface area contributed by atoms with Crippen LogP contribution in [0.2, 0.25) is 0 Å². The number of phosphoric ester groups is 1. The Morgan fingerprint density at radius 2 is 1.08 bits per heavy atom. The number of unbranched alkanes of at least 4 members (excludes halogenated alkanes) is 19. The third-order valence-electron chi connectivity index (χ3n) is 8.95. The molecule has 53 heavy (non-hydrogen) atoms. The molecule has 2 atom stereocenters. The van der Waals surface area contributed by atoms with Crippen molar-refractivity contribution in [2.45, 2.75) is 199 Å². The lowest BCUT2D eigenvalue weighted by atomic mass is 10.0. The van der Waals surface area contributed by atoms with E-state index >= 15 is 0 Å². The summed E-state index contributed by atoms with van der Waals surface area (Å²) in [6.07, 6.45) is 43.1.